The van der Waals surface area contributed by atoms with Crippen LogP contribution in [-0.4, -0.2) is 53.7 Å². The van der Waals surface area contributed by atoms with Crippen LogP contribution in [-0.2, 0) is 0 Å². The molecule has 0 aromatic heterocycles. The van der Waals surface area contributed by atoms with Crippen molar-refractivity contribution in [2.45, 2.75) is 50.6 Å². The average molecular weight is 398 g/mol. The number of nitrogens with one attached hydrogen (secondary N) is 1. The fraction of sp³-hybridized carbons (Fsp3) is 0.609. The Labute approximate surface area is 173 Å². The average Bonchev–Trinajstić information content (AvgIpc) is 2.74. The highest BCUT2D eigenvalue weighted by molar-refractivity contribution is 7.80. The normalized spacial score (nSPS) is 32.0. The molecule has 28 heavy (non-hydrogen) atoms. The fourth-order valence-corrected chi connectivity index (χ4v) is 6.39. The lowest BCUT2D eigenvalue weighted by Crippen LogP contribution is -2.60. The van der Waals surface area contributed by atoms with Gasteiger partial charge in [0.25, 0.3) is 0 Å². The predicted molar refractivity (Wildman–Crippen MR) is 118 cm³/mol. The second kappa shape index (κ2) is 7.68. The number of thiocarbonyl (C=S) groups is 1. The smallest absolute Gasteiger partial charge is 0.173 e. The van der Waals surface area contributed by atoms with Crippen LogP contribution in [0.1, 0.15) is 38.5 Å². The molecule has 3 heterocycles. The molecule has 4 nitrogen and oxygen atoms in total. The van der Waals surface area contributed by atoms with Crippen LogP contribution in [0.25, 0.3) is 0 Å². The first-order valence-corrected chi connectivity index (χ1v) is 11.3. The van der Waals surface area contributed by atoms with Gasteiger partial charge in [-0.05, 0) is 87.0 Å². The molecule has 1 aromatic carbocycles. The number of methoxy groups -OCH3 is 1. The number of hydrogen-bond donors (Lipinski definition) is 1. The van der Waals surface area contributed by atoms with Crippen LogP contribution in [0, 0.1) is 11.8 Å². The molecule has 2 bridgehead atoms. The van der Waals surface area contributed by atoms with Gasteiger partial charge in [-0.2, -0.15) is 0 Å². The number of fused-ring (bicyclic) bond motifs is 6. The first-order valence-electron chi connectivity index (χ1n) is 10.9. The van der Waals surface area contributed by atoms with Crippen molar-refractivity contribution < 1.29 is 4.74 Å². The number of likely N-dealkylation sites (tertiary alicyclic amines) is 1. The summed E-state index contributed by atoms with van der Waals surface area (Å²) in [6.45, 7) is 3.61. The molecule has 3 aliphatic heterocycles. The summed E-state index contributed by atoms with van der Waals surface area (Å²) < 4.78 is 5.27. The highest BCUT2D eigenvalue weighted by Gasteiger charge is 2.46. The minimum Gasteiger partial charge on any atom is -0.497 e. The molecule has 1 N–H and O–H groups in total. The summed E-state index contributed by atoms with van der Waals surface area (Å²) in [7, 11) is 1.70. The molecule has 3 saturated heterocycles. The van der Waals surface area contributed by atoms with Gasteiger partial charge < -0.3 is 15.0 Å². The van der Waals surface area contributed by atoms with Crippen LogP contribution in [0.4, 0.5) is 5.69 Å². The van der Waals surface area contributed by atoms with Gasteiger partial charge >= 0.3 is 0 Å². The zero-order chi connectivity index (χ0) is 19.1. The number of benzene rings is 1. The van der Waals surface area contributed by atoms with Crippen molar-refractivity contribution in [2.75, 3.05) is 32.1 Å². The quantitative estimate of drug-likeness (QED) is 0.594. The largest absolute Gasteiger partial charge is 0.497 e. The van der Waals surface area contributed by atoms with Crippen molar-refractivity contribution in [3.8, 4) is 5.75 Å². The lowest BCUT2D eigenvalue weighted by Gasteiger charge is -2.55. The zero-order valence-corrected chi connectivity index (χ0v) is 17.6. The van der Waals surface area contributed by atoms with E-state index in [9.17, 15) is 0 Å². The summed E-state index contributed by atoms with van der Waals surface area (Å²) >= 11 is 5.89. The first-order chi connectivity index (χ1) is 13.7. The Morgan fingerprint density at radius 3 is 2.82 bits per heavy atom. The molecule has 0 saturated carbocycles. The summed E-state index contributed by atoms with van der Waals surface area (Å²) in [5, 5.41) is 4.36. The monoisotopic (exact) mass is 397 g/mol. The van der Waals surface area contributed by atoms with Crippen LogP contribution in [0.2, 0.25) is 0 Å². The molecular formula is C23H31N3OS. The minimum absolute atomic E-state index is 0.492. The van der Waals surface area contributed by atoms with Gasteiger partial charge in [-0.1, -0.05) is 18.1 Å². The van der Waals surface area contributed by atoms with Crippen molar-refractivity contribution in [3.05, 3.63) is 35.9 Å². The molecule has 1 aromatic rings. The molecule has 0 radical (unpaired) electrons. The van der Waals surface area contributed by atoms with E-state index in [1.807, 2.05) is 24.3 Å². The molecular weight excluding hydrogens is 366 g/mol. The maximum atomic E-state index is 5.89. The van der Waals surface area contributed by atoms with Gasteiger partial charge in [0.1, 0.15) is 5.75 Å². The highest BCUT2D eigenvalue weighted by atomic mass is 32.1. The van der Waals surface area contributed by atoms with Gasteiger partial charge in [-0.3, -0.25) is 4.90 Å². The summed E-state index contributed by atoms with van der Waals surface area (Å²) in [6.07, 6.45) is 10.7. The van der Waals surface area contributed by atoms with Crippen molar-refractivity contribution in [1.82, 2.24) is 9.80 Å². The Bertz CT molecular complexity index is 762. The molecule has 1 aliphatic carbocycles. The maximum absolute atomic E-state index is 5.89. The van der Waals surface area contributed by atoms with Gasteiger partial charge in [0.15, 0.2) is 5.11 Å². The van der Waals surface area contributed by atoms with Crippen LogP contribution >= 0.6 is 12.2 Å². The molecule has 4 aliphatic rings. The van der Waals surface area contributed by atoms with Crippen molar-refractivity contribution in [2.24, 2.45) is 11.8 Å². The fourth-order valence-electron chi connectivity index (χ4n) is 6.07. The maximum Gasteiger partial charge on any atom is 0.173 e. The Hall–Kier alpha value is -1.59. The molecule has 3 fully saturated rings. The van der Waals surface area contributed by atoms with Gasteiger partial charge in [0, 0.05) is 24.8 Å². The summed E-state index contributed by atoms with van der Waals surface area (Å²) in [4.78, 5) is 5.28. The summed E-state index contributed by atoms with van der Waals surface area (Å²) in [5.74, 6) is 2.36. The third-order valence-electron chi connectivity index (χ3n) is 7.26. The number of hydrogen-bond acceptors (Lipinski definition) is 3. The predicted octanol–water partition coefficient (Wildman–Crippen LogP) is 4.29. The minimum atomic E-state index is 0.492. The van der Waals surface area contributed by atoms with Gasteiger partial charge in [0.05, 0.1) is 13.2 Å². The summed E-state index contributed by atoms with van der Waals surface area (Å²) in [5.41, 5.74) is 2.70. The van der Waals surface area contributed by atoms with Gasteiger partial charge in [-0.15, -0.1) is 0 Å². The Balaban J connectivity index is 1.35. The lowest BCUT2D eigenvalue weighted by atomic mass is 9.68. The third-order valence-corrected chi connectivity index (χ3v) is 7.60. The topological polar surface area (TPSA) is 27.7 Å². The molecule has 5 rings (SSSR count). The van der Waals surface area contributed by atoms with Crippen LogP contribution in [0.5, 0.6) is 5.75 Å². The van der Waals surface area contributed by atoms with E-state index in [0.717, 1.165) is 41.0 Å². The lowest BCUT2D eigenvalue weighted by molar-refractivity contribution is 0.0132. The van der Waals surface area contributed by atoms with E-state index in [1.54, 1.807) is 12.7 Å². The molecule has 0 amide bonds. The van der Waals surface area contributed by atoms with Crippen molar-refractivity contribution in [1.29, 1.82) is 0 Å². The van der Waals surface area contributed by atoms with E-state index in [-0.39, 0.29) is 0 Å². The van der Waals surface area contributed by atoms with Gasteiger partial charge in [-0.25, -0.2) is 0 Å². The van der Waals surface area contributed by atoms with E-state index >= 15 is 0 Å². The zero-order valence-electron chi connectivity index (χ0n) is 16.8. The Morgan fingerprint density at radius 2 is 2.00 bits per heavy atom. The van der Waals surface area contributed by atoms with E-state index in [1.165, 1.54) is 51.6 Å². The van der Waals surface area contributed by atoms with Crippen LogP contribution in [0.15, 0.2) is 35.9 Å². The summed E-state index contributed by atoms with van der Waals surface area (Å²) in [6, 6.07) is 9.35. The number of anilines is 1. The van der Waals surface area contributed by atoms with Crippen LogP contribution in [0.3, 0.4) is 0 Å². The molecule has 4 atom stereocenters. The Kier molecular flexibility index (Phi) is 5.06. The SMILES string of the molecule is COc1ccc(NC(=S)N2CCCC3=CC4CC(CN5CCCC[C@H]45)[C@@H]32)cc1. The number of piperidine rings is 3. The van der Waals surface area contributed by atoms with Gasteiger partial charge in [0.2, 0.25) is 0 Å². The second-order valence-corrected chi connectivity index (χ2v) is 9.25. The second-order valence-electron chi connectivity index (χ2n) is 8.86. The van der Waals surface area contributed by atoms with E-state index in [4.69, 9.17) is 17.0 Å². The number of ether oxygens (including phenoxy) is 1. The standard InChI is InChI=1S/C23H31N3OS/c1-27-20-9-7-19(8-10-20)24-23(28)26-12-4-5-16-13-17-14-18(22(16)26)15-25-11-3-2-6-21(17)25/h7-10,13,17-18,21-22H,2-6,11-12,14-15H2,1H3,(H,24,28)/t17?,18?,21-,22-/m1/s1. The number of nitrogens with zero attached hydrogens (tertiary/aromatic N) is 2. The highest BCUT2D eigenvalue weighted by Crippen LogP contribution is 2.45. The molecule has 2 unspecified atom stereocenters. The van der Waals surface area contributed by atoms with E-state index < -0.39 is 0 Å². The molecule has 150 valence electrons. The Morgan fingerprint density at radius 1 is 1.14 bits per heavy atom. The van der Waals surface area contributed by atoms with E-state index in [0.29, 0.717) is 6.04 Å². The third kappa shape index (κ3) is 3.33. The first kappa shape index (κ1) is 18.4. The van der Waals surface area contributed by atoms with Crippen molar-refractivity contribution in [3.63, 3.8) is 0 Å². The number of rotatable bonds is 2. The van der Waals surface area contributed by atoms with Crippen molar-refractivity contribution >= 4 is 23.0 Å². The van der Waals surface area contributed by atoms with E-state index in [2.05, 4.69) is 21.2 Å². The molecule has 0 spiro atoms. The molecule has 5 heteroatoms. The van der Waals surface area contributed by atoms with Crippen LogP contribution < -0.4 is 10.1 Å².